The van der Waals surface area contributed by atoms with Crippen LogP contribution in [0.1, 0.15) is 67.6 Å². The van der Waals surface area contributed by atoms with Crippen molar-refractivity contribution in [2.75, 3.05) is 6.61 Å². The molecule has 180 valence electrons. The second-order valence-electron chi connectivity index (χ2n) is 8.98. The van der Waals surface area contributed by atoms with Crippen LogP contribution in [0.25, 0.3) is 11.3 Å². The first kappa shape index (κ1) is 23.3. The minimum absolute atomic E-state index is 0.00376. The Morgan fingerprint density at radius 2 is 1.94 bits per heavy atom. The molecule has 1 aromatic heterocycles. The van der Waals surface area contributed by atoms with Crippen LogP contribution in [0.5, 0.6) is 17.4 Å². The molecule has 2 heterocycles. The summed E-state index contributed by atoms with van der Waals surface area (Å²) in [7, 11) is 0. The zero-order chi connectivity index (χ0) is 24.5. The van der Waals surface area contributed by atoms with Gasteiger partial charge in [-0.2, -0.15) is 5.26 Å². The van der Waals surface area contributed by atoms with E-state index in [0.29, 0.717) is 28.6 Å². The molecule has 1 atom stereocenters. The molecule has 1 saturated carbocycles. The third-order valence-electron chi connectivity index (χ3n) is 6.90. The maximum atomic E-state index is 10.4. The molecule has 4 N–H and O–H groups in total. The van der Waals surface area contributed by atoms with Gasteiger partial charge in [0.2, 0.25) is 11.8 Å². The van der Waals surface area contributed by atoms with E-state index < -0.39 is 5.92 Å². The van der Waals surface area contributed by atoms with Crippen LogP contribution in [0, 0.1) is 11.3 Å². The number of H-pyrrole nitrogens is 1. The highest BCUT2D eigenvalue weighted by atomic mass is 79.9. The fourth-order valence-corrected chi connectivity index (χ4v) is 5.64. The quantitative estimate of drug-likeness (QED) is 0.358. The van der Waals surface area contributed by atoms with Crippen LogP contribution in [0.3, 0.4) is 0 Å². The van der Waals surface area contributed by atoms with Gasteiger partial charge in [-0.25, -0.2) is 0 Å². The average Bonchev–Trinajstić information content (AvgIpc) is 3.30. The van der Waals surface area contributed by atoms with Gasteiger partial charge in [0.25, 0.3) is 0 Å². The molecule has 7 nitrogen and oxygen atoms in total. The Hall–Kier alpha value is -3.44. The summed E-state index contributed by atoms with van der Waals surface area (Å²) >= 11 is 3.42. The Balaban J connectivity index is 1.60. The maximum absolute atomic E-state index is 10.4. The molecule has 0 spiro atoms. The monoisotopic (exact) mass is 534 g/mol. The highest BCUT2D eigenvalue weighted by Gasteiger charge is 2.36. The summed E-state index contributed by atoms with van der Waals surface area (Å²) in [6.07, 6.45) is 6.38. The summed E-state index contributed by atoms with van der Waals surface area (Å²) in [6, 6.07) is 14.3. The van der Waals surface area contributed by atoms with Gasteiger partial charge in [0.15, 0.2) is 11.5 Å². The minimum atomic E-state index is -0.549. The Morgan fingerprint density at radius 1 is 1.20 bits per heavy atom. The van der Waals surface area contributed by atoms with Crippen LogP contribution in [0.2, 0.25) is 0 Å². The molecular formula is C27H27BrN4O3. The SMILES string of the molecule is CCOc1cc([C@@H]2C(C#N)=C(N)Oc3n[nH]c(-c4ccc(C5CCCCC5)cc4)c32)cc(Br)c1O. The lowest BCUT2D eigenvalue weighted by atomic mass is 9.82. The molecule has 8 heteroatoms. The first-order valence-electron chi connectivity index (χ1n) is 11.9. The molecule has 0 unspecified atom stereocenters. The molecule has 0 saturated heterocycles. The van der Waals surface area contributed by atoms with Crippen molar-refractivity contribution in [3.05, 3.63) is 69.0 Å². The van der Waals surface area contributed by atoms with Crippen molar-refractivity contribution in [2.24, 2.45) is 5.73 Å². The Bertz CT molecular complexity index is 1320. The number of nitrogens with one attached hydrogen (secondary N) is 1. The predicted molar refractivity (Wildman–Crippen MR) is 136 cm³/mol. The number of ether oxygens (including phenoxy) is 2. The van der Waals surface area contributed by atoms with Gasteiger partial charge in [-0.3, -0.25) is 5.10 Å². The molecule has 1 aliphatic carbocycles. The van der Waals surface area contributed by atoms with Crippen LogP contribution < -0.4 is 15.2 Å². The van der Waals surface area contributed by atoms with Crippen molar-refractivity contribution in [1.82, 2.24) is 10.2 Å². The number of aromatic nitrogens is 2. The van der Waals surface area contributed by atoms with E-state index in [1.807, 2.05) is 6.92 Å². The van der Waals surface area contributed by atoms with Gasteiger partial charge in [-0.15, -0.1) is 5.10 Å². The number of phenolic OH excluding ortho intramolecular Hbond substituents is 1. The predicted octanol–water partition coefficient (Wildman–Crippen LogP) is 6.21. The summed E-state index contributed by atoms with van der Waals surface area (Å²) < 4.78 is 11.8. The van der Waals surface area contributed by atoms with Crippen LogP contribution >= 0.6 is 15.9 Å². The van der Waals surface area contributed by atoms with Crippen molar-refractivity contribution in [1.29, 1.82) is 5.26 Å². The van der Waals surface area contributed by atoms with Crippen molar-refractivity contribution in [3.63, 3.8) is 0 Å². The zero-order valence-corrected chi connectivity index (χ0v) is 21.1. The van der Waals surface area contributed by atoms with E-state index in [1.54, 1.807) is 12.1 Å². The zero-order valence-electron chi connectivity index (χ0n) is 19.5. The number of fused-ring (bicyclic) bond motifs is 1. The largest absolute Gasteiger partial charge is 0.503 e. The number of nitrogens with two attached hydrogens (primary N) is 1. The van der Waals surface area contributed by atoms with Crippen LogP contribution in [-0.2, 0) is 0 Å². The molecule has 35 heavy (non-hydrogen) atoms. The van der Waals surface area contributed by atoms with E-state index in [1.165, 1.54) is 37.7 Å². The molecule has 0 radical (unpaired) electrons. The van der Waals surface area contributed by atoms with Gasteiger partial charge in [-0.1, -0.05) is 43.5 Å². The number of benzene rings is 2. The number of nitrogens with zero attached hydrogens (tertiary/aromatic N) is 2. The summed E-state index contributed by atoms with van der Waals surface area (Å²) in [5.74, 6) is 0.736. The Labute approximate surface area is 212 Å². The van der Waals surface area contributed by atoms with Crippen molar-refractivity contribution < 1.29 is 14.6 Å². The molecular weight excluding hydrogens is 508 g/mol. The number of nitriles is 1. The number of hydrogen-bond acceptors (Lipinski definition) is 6. The second kappa shape index (κ2) is 9.67. The lowest BCUT2D eigenvalue weighted by molar-refractivity contribution is 0.316. The van der Waals surface area contributed by atoms with E-state index in [0.717, 1.165) is 22.4 Å². The lowest BCUT2D eigenvalue weighted by Crippen LogP contribution is -2.21. The molecule has 0 amide bonds. The number of allylic oxidation sites excluding steroid dienone is 1. The number of aromatic amines is 1. The third kappa shape index (κ3) is 4.25. The van der Waals surface area contributed by atoms with E-state index in [4.69, 9.17) is 15.2 Å². The van der Waals surface area contributed by atoms with Crippen LogP contribution in [0.4, 0.5) is 0 Å². The molecule has 2 aliphatic rings. The summed E-state index contributed by atoms with van der Waals surface area (Å²) in [6.45, 7) is 2.23. The van der Waals surface area contributed by atoms with Crippen molar-refractivity contribution in [2.45, 2.75) is 50.9 Å². The van der Waals surface area contributed by atoms with Gasteiger partial charge in [0.1, 0.15) is 11.6 Å². The fraction of sp³-hybridized carbons (Fsp3) is 0.333. The Morgan fingerprint density at radius 3 is 2.63 bits per heavy atom. The van der Waals surface area contributed by atoms with Crippen molar-refractivity contribution in [3.8, 4) is 34.7 Å². The fourth-order valence-electron chi connectivity index (χ4n) is 5.18. The van der Waals surface area contributed by atoms with Gasteiger partial charge in [-0.05, 0) is 64.9 Å². The molecule has 2 aromatic carbocycles. The normalized spacial score (nSPS) is 18.0. The molecule has 5 rings (SSSR count). The highest BCUT2D eigenvalue weighted by Crippen LogP contribution is 2.48. The topological polar surface area (TPSA) is 117 Å². The number of halogens is 1. The first-order chi connectivity index (χ1) is 17.0. The van der Waals surface area contributed by atoms with Crippen molar-refractivity contribution >= 4 is 15.9 Å². The number of rotatable bonds is 5. The summed E-state index contributed by atoms with van der Waals surface area (Å²) in [5.41, 5.74) is 10.9. The van der Waals surface area contributed by atoms with Gasteiger partial charge in [0, 0.05) is 5.56 Å². The van der Waals surface area contributed by atoms with Gasteiger partial charge in [0.05, 0.1) is 28.3 Å². The molecule has 1 aliphatic heterocycles. The van der Waals surface area contributed by atoms with E-state index in [2.05, 4.69) is 56.5 Å². The molecule has 0 bridgehead atoms. The smallest absolute Gasteiger partial charge is 0.244 e. The number of phenols is 1. The highest BCUT2D eigenvalue weighted by molar-refractivity contribution is 9.10. The first-order valence-corrected chi connectivity index (χ1v) is 12.7. The van der Waals surface area contributed by atoms with Crippen LogP contribution in [0.15, 0.2) is 52.3 Å². The molecule has 1 fully saturated rings. The van der Waals surface area contributed by atoms with E-state index >= 15 is 0 Å². The standard InChI is InChI=1S/C27H27BrN4O3/c1-2-34-21-13-18(12-20(28)25(21)33)22-19(14-29)26(30)35-27-23(22)24(31-32-27)17-10-8-16(9-11-17)15-6-4-3-5-7-15/h8-13,15,22,33H,2-7,30H2,1H3,(H,31,32)/t22-/m1/s1. The van der Waals surface area contributed by atoms with Gasteiger partial charge >= 0.3 is 0 Å². The molecule has 3 aromatic rings. The van der Waals surface area contributed by atoms with E-state index in [9.17, 15) is 10.4 Å². The van der Waals surface area contributed by atoms with E-state index in [-0.39, 0.29) is 17.2 Å². The minimum Gasteiger partial charge on any atom is -0.503 e. The van der Waals surface area contributed by atoms with Crippen LogP contribution in [-0.4, -0.2) is 21.9 Å². The lowest BCUT2D eigenvalue weighted by Gasteiger charge is -2.25. The Kier molecular flexibility index (Phi) is 6.44. The average molecular weight is 535 g/mol. The third-order valence-corrected chi connectivity index (χ3v) is 7.50. The summed E-state index contributed by atoms with van der Waals surface area (Å²) in [5, 5.41) is 27.9. The number of hydrogen-bond donors (Lipinski definition) is 3. The van der Waals surface area contributed by atoms with Gasteiger partial charge < -0.3 is 20.3 Å². The summed E-state index contributed by atoms with van der Waals surface area (Å²) in [4.78, 5) is 0. The maximum Gasteiger partial charge on any atom is 0.244 e. The number of aromatic hydroxyl groups is 1. The second-order valence-corrected chi connectivity index (χ2v) is 9.84.